The second-order valence-corrected chi connectivity index (χ2v) is 5.61. The Morgan fingerprint density at radius 1 is 1.18 bits per heavy atom. The number of fused-ring (bicyclic) bond motifs is 1. The quantitative estimate of drug-likeness (QED) is 0.743. The van der Waals surface area contributed by atoms with E-state index in [9.17, 15) is 0 Å². The number of pyridine rings is 1. The maximum atomic E-state index is 5.57. The highest BCUT2D eigenvalue weighted by Gasteiger charge is 2.13. The van der Waals surface area contributed by atoms with E-state index in [4.69, 9.17) is 4.74 Å². The van der Waals surface area contributed by atoms with Crippen LogP contribution >= 0.6 is 0 Å². The SMILES string of the molecule is Cc1nccn1Cc1cncc(-c2ccc3c(c2)CCO3)c1. The van der Waals surface area contributed by atoms with Gasteiger partial charge in [0, 0.05) is 36.8 Å². The topological polar surface area (TPSA) is 39.9 Å². The van der Waals surface area contributed by atoms with Gasteiger partial charge >= 0.3 is 0 Å². The fourth-order valence-electron chi connectivity index (χ4n) is 2.87. The van der Waals surface area contributed by atoms with Crippen LogP contribution in [0, 0.1) is 6.92 Å². The van der Waals surface area contributed by atoms with Crippen LogP contribution in [0.2, 0.25) is 0 Å². The Morgan fingerprint density at radius 3 is 3.00 bits per heavy atom. The van der Waals surface area contributed by atoms with Crippen molar-refractivity contribution >= 4 is 0 Å². The molecular formula is C18H17N3O. The summed E-state index contributed by atoms with van der Waals surface area (Å²) in [6, 6.07) is 8.58. The Hall–Kier alpha value is -2.62. The van der Waals surface area contributed by atoms with Crippen molar-refractivity contribution in [3.63, 3.8) is 0 Å². The van der Waals surface area contributed by atoms with Gasteiger partial charge in [0.1, 0.15) is 11.6 Å². The molecule has 1 aliphatic heterocycles. The van der Waals surface area contributed by atoms with E-state index < -0.39 is 0 Å². The molecule has 0 saturated carbocycles. The van der Waals surface area contributed by atoms with Gasteiger partial charge in [-0.05, 0) is 41.8 Å². The first kappa shape index (κ1) is 13.1. The zero-order valence-corrected chi connectivity index (χ0v) is 12.5. The van der Waals surface area contributed by atoms with Gasteiger partial charge < -0.3 is 9.30 Å². The van der Waals surface area contributed by atoms with Crippen LogP contribution in [0.3, 0.4) is 0 Å². The number of aryl methyl sites for hydroxylation is 1. The van der Waals surface area contributed by atoms with Crippen LogP contribution in [0.15, 0.2) is 49.1 Å². The molecule has 0 spiro atoms. The van der Waals surface area contributed by atoms with Gasteiger partial charge in [0.25, 0.3) is 0 Å². The van der Waals surface area contributed by atoms with Gasteiger partial charge in [0.15, 0.2) is 0 Å². The summed E-state index contributed by atoms with van der Waals surface area (Å²) in [5, 5.41) is 0. The summed E-state index contributed by atoms with van der Waals surface area (Å²) in [5.74, 6) is 2.03. The fourth-order valence-corrected chi connectivity index (χ4v) is 2.87. The Kier molecular flexibility index (Phi) is 3.15. The third-order valence-corrected chi connectivity index (χ3v) is 4.09. The highest BCUT2D eigenvalue weighted by Crippen LogP contribution is 2.30. The molecule has 0 bridgehead atoms. The average Bonchev–Trinajstić information content (AvgIpc) is 3.16. The molecule has 1 aliphatic rings. The van der Waals surface area contributed by atoms with E-state index in [0.717, 1.165) is 36.7 Å². The summed E-state index contributed by atoms with van der Waals surface area (Å²) in [6.45, 7) is 3.59. The van der Waals surface area contributed by atoms with Crippen molar-refractivity contribution in [1.82, 2.24) is 14.5 Å². The first-order valence-electron chi connectivity index (χ1n) is 7.47. The van der Waals surface area contributed by atoms with Crippen molar-refractivity contribution < 1.29 is 4.74 Å². The molecule has 0 atom stereocenters. The van der Waals surface area contributed by atoms with Gasteiger partial charge in [-0.15, -0.1) is 0 Å². The van der Waals surface area contributed by atoms with Crippen LogP contribution in [0.1, 0.15) is 17.0 Å². The first-order chi connectivity index (χ1) is 10.8. The minimum Gasteiger partial charge on any atom is -0.493 e. The van der Waals surface area contributed by atoms with Crippen LogP contribution in [-0.4, -0.2) is 21.1 Å². The normalized spacial score (nSPS) is 13.0. The Balaban J connectivity index is 1.65. The Bertz CT molecular complexity index is 823. The van der Waals surface area contributed by atoms with Gasteiger partial charge in [-0.3, -0.25) is 4.98 Å². The smallest absolute Gasteiger partial charge is 0.122 e. The van der Waals surface area contributed by atoms with E-state index in [1.54, 1.807) is 0 Å². The number of ether oxygens (including phenoxy) is 1. The van der Waals surface area contributed by atoms with E-state index in [-0.39, 0.29) is 0 Å². The Morgan fingerprint density at radius 2 is 2.14 bits per heavy atom. The van der Waals surface area contributed by atoms with E-state index in [0.29, 0.717) is 0 Å². The number of hydrogen-bond acceptors (Lipinski definition) is 3. The summed E-state index contributed by atoms with van der Waals surface area (Å²) in [4.78, 5) is 8.66. The zero-order chi connectivity index (χ0) is 14.9. The number of hydrogen-bond donors (Lipinski definition) is 0. The van der Waals surface area contributed by atoms with Crippen LogP contribution in [0.4, 0.5) is 0 Å². The fraction of sp³-hybridized carbons (Fsp3) is 0.222. The monoisotopic (exact) mass is 291 g/mol. The van der Waals surface area contributed by atoms with Gasteiger partial charge in [-0.1, -0.05) is 6.07 Å². The molecule has 2 aromatic heterocycles. The third-order valence-electron chi connectivity index (χ3n) is 4.09. The van der Waals surface area contributed by atoms with Crippen molar-refractivity contribution in [3.8, 4) is 16.9 Å². The summed E-state index contributed by atoms with van der Waals surface area (Å²) < 4.78 is 7.69. The molecule has 1 aromatic carbocycles. The number of rotatable bonds is 3. The Labute approximate surface area is 129 Å². The molecule has 4 nitrogen and oxygen atoms in total. The number of benzene rings is 1. The second-order valence-electron chi connectivity index (χ2n) is 5.61. The minimum atomic E-state index is 0.789. The van der Waals surface area contributed by atoms with Gasteiger partial charge in [-0.25, -0.2) is 4.98 Å². The molecule has 3 aromatic rings. The van der Waals surface area contributed by atoms with Crippen LogP contribution in [0.25, 0.3) is 11.1 Å². The standard InChI is InChI=1S/C18H17N3O/c1-13-20-5-6-21(13)12-14-8-17(11-19-10-14)15-2-3-18-16(9-15)4-7-22-18/h2-3,5-6,8-11H,4,7,12H2,1H3. The van der Waals surface area contributed by atoms with E-state index in [1.807, 2.05) is 31.7 Å². The molecule has 0 radical (unpaired) electrons. The van der Waals surface area contributed by atoms with E-state index in [1.165, 1.54) is 16.7 Å². The lowest BCUT2D eigenvalue weighted by atomic mass is 10.0. The molecule has 0 amide bonds. The minimum absolute atomic E-state index is 0.789. The molecule has 0 fully saturated rings. The summed E-state index contributed by atoms with van der Waals surface area (Å²) >= 11 is 0. The predicted molar refractivity (Wildman–Crippen MR) is 84.9 cm³/mol. The molecule has 0 N–H and O–H groups in total. The summed E-state index contributed by atoms with van der Waals surface area (Å²) in [7, 11) is 0. The molecule has 0 aliphatic carbocycles. The number of aromatic nitrogens is 3. The lowest BCUT2D eigenvalue weighted by Crippen LogP contribution is -2.01. The van der Waals surface area contributed by atoms with Crippen molar-refractivity contribution in [1.29, 1.82) is 0 Å². The van der Waals surface area contributed by atoms with Crippen LogP contribution < -0.4 is 4.74 Å². The molecule has 3 heterocycles. The highest BCUT2D eigenvalue weighted by atomic mass is 16.5. The number of nitrogens with zero attached hydrogens (tertiary/aromatic N) is 3. The molecular weight excluding hydrogens is 274 g/mol. The lowest BCUT2D eigenvalue weighted by Gasteiger charge is -2.08. The highest BCUT2D eigenvalue weighted by molar-refractivity contribution is 5.65. The van der Waals surface area contributed by atoms with Crippen molar-refractivity contribution in [2.24, 2.45) is 0 Å². The molecule has 22 heavy (non-hydrogen) atoms. The van der Waals surface area contributed by atoms with Crippen LogP contribution in [0.5, 0.6) is 5.75 Å². The first-order valence-corrected chi connectivity index (χ1v) is 7.47. The molecule has 0 saturated heterocycles. The molecule has 4 heteroatoms. The largest absolute Gasteiger partial charge is 0.493 e. The van der Waals surface area contributed by atoms with Gasteiger partial charge in [0.2, 0.25) is 0 Å². The molecule has 4 rings (SSSR count). The van der Waals surface area contributed by atoms with Crippen LogP contribution in [-0.2, 0) is 13.0 Å². The zero-order valence-electron chi connectivity index (χ0n) is 12.5. The van der Waals surface area contributed by atoms with E-state index in [2.05, 4.69) is 38.8 Å². The van der Waals surface area contributed by atoms with Crippen molar-refractivity contribution in [2.75, 3.05) is 6.61 Å². The van der Waals surface area contributed by atoms with Gasteiger partial charge in [-0.2, -0.15) is 0 Å². The van der Waals surface area contributed by atoms with Crippen molar-refractivity contribution in [3.05, 3.63) is 66.0 Å². The summed E-state index contributed by atoms with van der Waals surface area (Å²) in [6.07, 6.45) is 8.65. The van der Waals surface area contributed by atoms with Crippen molar-refractivity contribution in [2.45, 2.75) is 19.9 Å². The summed E-state index contributed by atoms with van der Waals surface area (Å²) in [5.41, 5.74) is 4.80. The predicted octanol–water partition coefficient (Wildman–Crippen LogP) is 3.24. The number of imidazole rings is 1. The van der Waals surface area contributed by atoms with Gasteiger partial charge in [0.05, 0.1) is 13.2 Å². The molecule has 110 valence electrons. The van der Waals surface area contributed by atoms with E-state index >= 15 is 0 Å². The average molecular weight is 291 g/mol. The lowest BCUT2D eigenvalue weighted by molar-refractivity contribution is 0.357. The molecule has 0 unspecified atom stereocenters. The maximum absolute atomic E-state index is 5.57. The second kappa shape index (κ2) is 5.30. The third kappa shape index (κ3) is 2.37. The maximum Gasteiger partial charge on any atom is 0.122 e.